The number of aryl methyl sites for hydroxylation is 3. The van der Waals surface area contributed by atoms with Gasteiger partial charge in [-0.3, -0.25) is 4.79 Å². The smallest absolute Gasteiger partial charge is 0.243 e. The molecule has 0 saturated heterocycles. The Morgan fingerprint density at radius 2 is 1.90 bits per heavy atom. The molecule has 7 heteroatoms. The molecule has 0 unspecified atom stereocenters. The summed E-state index contributed by atoms with van der Waals surface area (Å²) < 4.78 is 32.7. The Hall–Kier alpha value is -2.22. The number of anilines is 1. The molecule has 1 aliphatic carbocycles. The lowest BCUT2D eigenvalue weighted by atomic mass is 10.1. The summed E-state index contributed by atoms with van der Waals surface area (Å²) in [7, 11) is -2.30. The summed E-state index contributed by atoms with van der Waals surface area (Å²) in [6.07, 6.45) is 2.93. The average molecular weight is 417 g/mol. The Labute approximate surface area is 172 Å². The van der Waals surface area contributed by atoms with Crippen LogP contribution in [0.2, 0.25) is 0 Å². The minimum absolute atomic E-state index is 0.107. The van der Waals surface area contributed by atoms with Crippen LogP contribution in [0.5, 0.6) is 0 Å². The predicted molar refractivity (Wildman–Crippen MR) is 114 cm³/mol. The van der Waals surface area contributed by atoms with Crippen LogP contribution in [0.3, 0.4) is 0 Å². The van der Waals surface area contributed by atoms with Gasteiger partial charge in [-0.05, 0) is 73.6 Å². The van der Waals surface area contributed by atoms with Crippen molar-refractivity contribution in [1.82, 2.24) is 4.31 Å². The second-order valence-electron chi connectivity index (χ2n) is 7.41. The van der Waals surface area contributed by atoms with Crippen molar-refractivity contribution in [1.29, 1.82) is 0 Å². The van der Waals surface area contributed by atoms with E-state index in [2.05, 4.69) is 5.32 Å². The Balaban J connectivity index is 1.81. The van der Waals surface area contributed by atoms with E-state index in [0.717, 1.165) is 36.0 Å². The zero-order chi connectivity index (χ0) is 21.0. The lowest BCUT2D eigenvalue weighted by Gasteiger charge is -2.22. The number of rotatable bonds is 8. The average Bonchev–Trinajstić information content (AvgIpc) is 3.16. The molecule has 0 saturated carbocycles. The van der Waals surface area contributed by atoms with Gasteiger partial charge in [0.1, 0.15) is 0 Å². The Morgan fingerprint density at radius 3 is 2.66 bits per heavy atom. The van der Waals surface area contributed by atoms with Gasteiger partial charge in [0.05, 0.1) is 18.0 Å². The van der Waals surface area contributed by atoms with Crippen LogP contribution in [-0.2, 0) is 32.4 Å². The van der Waals surface area contributed by atoms with Crippen molar-refractivity contribution < 1.29 is 17.9 Å². The third-order valence-corrected chi connectivity index (χ3v) is 7.29. The highest BCUT2D eigenvalue weighted by Crippen LogP contribution is 2.26. The van der Waals surface area contributed by atoms with E-state index in [1.54, 1.807) is 12.1 Å². The van der Waals surface area contributed by atoms with E-state index < -0.39 is 10.0 Å². The van der Waals surface area contributed by atoms with Gasteiger partial charge in [-0.2, -0.15) is 4.31 Å². The summed E-state index contributed by atoms with van der Waals surface area (Å²) in [5.74, 6) is -0.375. The van der Waals surface area contributed by atoms with Crippen molar-refractivity contribution in [2.75, 3.05) is 32.1 Å². The van der Waals surface area contributed by atoms with Crippen LogP contribution in [0.4, 0.5) is 5.69 Å². The van der Waals surface area contributed by atoms with E-state index in [1.807, 2.05) is 38.1 Å². The molecule has 1 aliphatic rings. The minimum atomic E-state index is -3.81. The molecule has 0 aliphatic heterocycles. The number of carbonyl (C=O) groups is 1. The van der Waals surface area contributed by atoms with Crippen molar-refractivity contribution in [2.45, 2.75) is 38.0 Å². The lowest BCUT2D eigenvalue weighted by Crippen LogP contribution is -2.40. The molecule has 156 valence electrons. The highest BCUT2D eigenvalue weighted by molar-refractivity contribution is 7.89. The van der Waals surface area contributed by atoms with E-state index in [-0.39, 0.29) is 30.5 Å². The number of sulfonamides is 1. The fourth-order valence-electron chi connectivity index (χ4n) is 3.57. The zero-order valence-corrected chi connectivity index (χ0v) is 18.0. The maximum absolute atomic E-state index is 13.2. The monoisotopic (exact) mass is 416 g/mol. The van der Waals surface area contributed by atoms with Crippen LogP contribution in [0.25, 0.3) is 0 Å². The normalized spacial score (nSPS) is 13.5. The Kier molecular flexibility index (Phi) is 6.72. The predicted octanol–water partition coefficient (Wildman–Crippen LogP) is 3.07. The van der Waals surface area contributed by atoms with Crippen LogP contribution >= 0.6 is 0 Å². The molecule has 0 aromatic heterocycles. The fraction of sp³-hybridized carbons (Fsp3) is 0.409. The summed E-state index contributed by atoms with van der Waals surface area (Å²) >= 11 is 0. The van der Waals surface area contributed by atoms with Gasteiger partial charge in [-0.25, -0.2) is 8.42 Å². The van der Waals surface area contributed by atoms with E-state index in [9.17, 15) is 13.2 Å². The van der Waals surface area contributed by atoms with Crippen molar-refractivity contribution in [3.63, 3.8) is 0 Å². The number of nitrogens with zero attached hydrogens (tertiary/aromatic N) is 1. The number of ether oxygens (including phenoxy) is 1. The van der Waals surface area contributed by atoms with Gasteiger partial charge in [-0.15, -0.1) is 0 Å². The topological polar surface area (TPSA) is 75.7 Å². The number of methoxy groups -OCH3 is 1. The quantitative estimate of drug-likeness (QED) is 0.718. The largest absolute Gasteiger partial charge is 0.383 e. The fourth-order valence-corrected chi connectivity index (χ4v) is 5.00. The molecule has 0 atom stereocenters. The number of nitrogens with one attached hydrogen (secondary N) is 1. The SMILES string of the molecule is COCCN(CC(=O)Nc1cccc(C)c1C)S(=O)(=O)c1ccc2c(c1)CCC2. The van der Waals surface area contributed by atoms with Crippen LogP contribution in [0.1, 0.15) is 28.7 Å². The maximum Gasteiger partial charge on any atom is 0.243 e. The first-order valence-electron chi connectivity index (χ1n) is 9.80. The van der Waals surface area contributed by atoms with Gasteiger partial charge < -0.3 is 10.1 Å². The zero-order valence-electron chi connectivity index (χ0n) is 17.2. The number of fused-ring (bicyclic) bond motifs is 1. The summed E-state index contributed by atoms with van der Waals surface area (Å²) in [6.45, 7) is 3.94. The number of carbonyl (C=O) groups excluding carboxylic acids is 1. The van der Waals surface area contributed by atoms with Gasteiger partial charge in [0.2, 0.25) is 15.9 Å². The Morgan fingerprint density at radius 1 is 1.14 bits per heavy atom. The highest BCUT2D eigenvalue weighted by Gasteiger charge is 2.28. The van der Waals surface area contributed by atoms with Crippen molar-refractivity contribution in [3.05, 3.63) is 58.7 Å². The number of amides is 1. The number of hydrogen-bond donors (Lipinski definition) is 1. The van der Waals surface area contributed by atoms with Gasteiger partial charge in [0.15, 0.2) is 0 Å². The summed E-state index contributed by atoms with van der Waals surface area (Å²) in [5, 5.41) is 2.84. The van der Waals surface area contributed by atoms with Crippen LogP contribution in [0.15, 0.2) is 41.3 Å². The molecule has 29 heavy (non-hydrogen) atoms. The standard InChI is InChI=1S/C22H28N2O4S/c1-16-6-4-9-21(17(16)2)23-22(25)15-24(12-13-28-3)29(26,27)20-11-10-18-7-5-8-19(18)14-20/h4,6,9-11,14H,5,7-8,12-13,15H2,1-3H3,(H,23,25). The van der Waals surface area contributed by atoms with Crippen LogP contribution in [-0.4, -0.2) is 45.4 Å². The number of benzene rings is 2. The van der Waals surface area contributed by atoms with E-state index in [1.165, 1.54) is 17.0 Å². The van der Waals surface area contributed by atoms with Gasteiger partial charge in [0, 0.05) is 19.3 Å². The van der Waals surface area contributed by atoms with Gasteiger partial charge >= 0.3 is 0 Å². The molecule has 1 N–H and O–H groups in total. The molecule has 0 heterocycles. The molecule has 0 bridgehead atoms. The lowest BCUT2D eigenvalue weighted by molar-refractivity contribution is -0.116. The molecule has 0 spiro atoms. The van der Waals surface area contributed by atoms with Crippen LogP contribution < -0.4 is 5.32 Å². The molecule has 1 amide bonds. The molecule has 2 aromatic rings. The maximum atomic E-state index is 13.2. The van der Waals surface area contributed by atoms with Crippen molar-refractivity contribution in [2.24, 2.45) is 0 Å². The van der Waals surface area contributed by atoms with E-state index >= 15 is 0 Å². The second-order valence-corrected chi connectivity index (χ2v) is 9.35. The minimum Gasteiger partial charge on any atom is -0.383 e. The molecule has 6 nitrogen and oxygen atoms in total. The van der Waals surface area contributed by atoms with E-state index in [0.29, 0.717) is 5.69 Å². The highest BCUT2D eigenvalue weighted by atomic mass is 32.2. The van der Waals surface area contributed by atoms with Gasteiger partial charge in [-0.1, -0.05) is 18.2 Å². The number of hydrogen-bond acceptors (Lipinski definition) is 4. The van der Waals surface area contributed by atoms with Crippen molar-refractivity contribution in [3.8, 4) is 0 Å². The molecular formula is C22H28N2O4S. The first-order chi connectivity index (χ1) is 13.8. The molecule has 0 fully saturated rings. The molecule has 2 aromatic carbocycles. The summed E-state index contributed by atoms with van der Waals surface area (Å²) in [4.78, 5) is 12.9. The third kappa shape index (κ3) is 4.86. The van der Waals surface area contributed by atoms with Gasteiger partial charge in [0.25, 0.3) is 0 Å². The summed E-state index contributed by atoms with van der Waals surface area (Å²) in [6, 6.07) is 10.9. The molecule has 3 rings (SSSR count). The molecule has 0 radical (unpaired) electrons. The van der Waals surface area contributed by atoms with Crippen molar-refractivity contribution >= 4 is 21.6 Å². The Bertz CT molecular complexity index is 1000. The first-order valence-corrected chi connectivity index (χ1v) is 11.2. The second kappa shape index (κ2) is 9.07. The summed E-state index contributed by atoms with van der Waals surface area (Å²) in [5.41, 5.74) is 5.00. The third-order valence-electron chi connectivity index (χ3n) is 5.45. The van der Waals surface area contributed by atoms with E-state index in [4.69, 9.17) is 4.74 Å². The first kappa shape index (κ1) is 21.5. The molecular weight excluding hydrogens is 388 g/mol. The van der Waals surface area contributed by atoms with Crippen LogP contribution in [0, 0.1) is 13.8 Å².